The van der Waals surface area contributed by atoms with E-state index in [0.29, 0.717) is 18.8 Å². The fourth-order valence-corrected chi connectivity index (χ4v) is 1.30. The van der Waals surface area contributed by atoms with Crippen molar-refractivity contribution in [3.63, 3.8) is 0 Å². The number of rotatable bonds is 5. The van der Waals surface area contributed by atoms with Crippen LogP contribution in [0.25, 0.3) is 0 Å². The van der Waals surface area contributed by atoms with Crippen LogP contribution in [-0.4, -0.2) is 0 Å². The Hall–Kier alpha value is -1.28. The first-order chi connectivity index (χ1) is 5.79. The third kappa shape index (κ3) is 3.21. The fourth-order valence-electron chi connectivity index (χ4n) is 1.30. The molecule has 1 unspecified atom stereocenters. The van der Waals surface area contributed by atoms with E-state index in [1.165, 1.54) is 0 Å². The third-order valence-corrected chi connectivity index (χ3v) is 2.09. The van der Waals surface area contributed by atoms with E-state index in [4.69, 9.17) is 10.5 Å². The molecule has 0 bridgehead atoms. The van der Waals surface area contributed by atoms with Crippen LogP contribution in [0.3, 0.4) is 0 Å². The average molecular weight is 162 g/mol. The molecule has 2 nitrogen and oxygen atoms in total. The summed E-state index contributed by atoms with van der Waals surface area (Å²) in [6.07, 6.45) is 3.72. The van der Waals surface area contributed by atoms with Crippen molar-refractivity contribution in [1.82, 2.24) is 0 Å². The van der Waals surface area contributed by atoms with Crippen molar-refractivity contribution in [1.29, 1.82) is 10.5 Å². The molecule has 0 heterocycles. The molecule has 0 aromatic carbocycles. The predicted octanol–water partition coefficient (Wildman–Crippen LogP) is 2.64. The smallest absolute Gasteiger partial charge is 0.0625 e. The molecule has 0 rings (SSSR count). The van der Waals surface area contributed by atoms with Gasteiger partial charge in [-0.15, -0.1) is 6.58 Å². The van der Waals surface area contributed by atoms with E-state index in [2.05, 4.69) is 18.7 Å². The minimum Gasteiger partial charge on any atom is -0.198 e. The Bertz CT molecular complexity index is 191. The topological polar surface area (TPSA) is 47.6 Å². The molecule has 0 aliphatic carbocycles. The van der Waals surface area contributed by atoms with E-state index in [-0.39, 0.29) is 5.92 Å². The van der Waals surface area contributed by atoms with Gasteiger partial charge in [0.1, 0.15) is 0 Å². The van der Waals surface area contributed by atoms with Gasteiger partial charge in [-0.05, 0) is 18.3 Å². The van der Waals surface area contributed by atoms with Crippen LogP contribution in [0.15, 0.2) is 12.7 Å². The minimum absolute atomic E-state index is 0.169. The highest BCUT2D eigenvalue weighted by Gasteiger charge is 2.16. The maximum absolute atomic E-state index is 8.51. The van der Waals surface area contributed by atoms with Crippen molar-refractivity contribution < 1.29 is 0 Å². The highest BCUT2D eigenvalue weighted by Crippen LogP contribution is 2.22. The van der Waals surface area contributed by atoms with Crippen LogP contribution in [0.4, 0.5) is 0 Å². The molecule has 0 aliphatic rings. The zero-order chi connectivity index (χ0) is 9.40. The second-order valence-corrected chi connectivity index (χ2v) is 2.79. The van der Waals surface area contributed by atoms with Gasteiger partial charge in [-0.1, -0.05) is 13.0 Å². The lowest BCUT2D eigenvalue weighted by molar-refractivity contribution is 0.399. The number of allylic oxidation sites excluding steroid dienone is 1. The Morgan fingerprint density at radius 1 is 1.33 bits per heavy atom. The van der Waals surface area contributed by atoms with Gasteiger partial charge < -0.3 is 0 Å². The second-order valence-electron chi connectivity index (χ2n) is 2.79. The molecule has 0 amide bonds. The lowest BCUT2D eigenvalue weighted by Gasteiger charge is -2.17. The first-order valence-corrected chi connectivity index (χ1v) is 4.16. The van der Waals surface area contributed by atoms with Crippen molar-refractivity contribution in [3.05, 3.63) is 12.7 Å². The van der Waals surface area contributed by atoms with E-state index >= 15 is 0 Å². The summed E-state index contributed by atoms with van der Waals surface area (Å²) in [6, 6.07) is 4.21. The number of nitrogens with zero attached hydrogens (tertiary/aromatic N) is 2. The second kappa shape index (κ2) is 6.43. The maximum Gasteiger partial charge on any atom is 0.0625 e. The molecule has 0 aromatic rings. The Morgan fingerprint density at radius 3 is 2.08 bits per heavy atom. The Labute approximate surface area is 74.1 Å². The van der Waals surface area contributed by atoms with Crippen molar-refractivity contribution in [3.8, 4) is 12.1 Å². The molecule has 2 heteroatoms. The summed E-state index contributed by atoms with van der Waals surface area (Å²) >= 11 is 0. The predicted molar refractivity (Wildman–Crippen MR) is 47.9 cm³/mol. The number of nitriles is 2. The summed E-state index contributed by atoms with van der Waals surface area (Å²) in [5.41, 5.74) is 0. The van der Waals surface area contributed by atoms with Crippen LogP contribution in [-0.2, 0) is 0 Å². The van der Waals surface area contributed by atoms with Gasteiger partial charge in [0.2, 0.25) is 0 Å². The number of hydrogen-bond donors (Lipinski definition) is 0. The molecular formula is C10H14N2. The van der Waals surface area contributed by atoms with E-state index in [1.807, 2.05) is 13.0 Å². The Kier molecular flexibility index (Phi) is 5.75. The SMILES string of the molecule is C=CC(CC)C(CC#N)CC#N. The van der Waals surface area contributed by atoms with Crippen molar-refractivity contribution >= 4 is 0 Å². The summed E-state index contributed by atoms with van der Waals surface area (Å²) in [5, 5.41) is 17.0. The zero-order valence-electron chi connectivity index (χ0n) is 7.45. The van der Waals surface area contributed by atoms with Gasteiger partial charge in [-0.25, -0.2) is 0 Å². The van der Waals surface area contributed by atoms with Crippen molar-refractivity contribution in [2.75, 3.05) is 0 Å². The summed E-state index contributed by atoms with van der Waals surface area (Å²) in [5.74, 6) is 0.479. The van der Waals surface area contributed by atoms with Gasteiger partial charge >= 0.3 is 0 Å². The third-order valence-electron chi connectivity index (χ3n) is 2.09. The molecule has 1 atom stereocenters. The maximum atomic E-state index is 8.51. The van der Waals surface area contributed by atoms with Gasteiger partial charge in [0.25, 0.3) is 0 Å². The van der Waals surface area contributed by atoms with Gasteiger partial charge in [0.15, 0.2) is 0 Å². The minimum atomic E-state index is 0.169. The van der Waals surface area contributed by atoms with Crippen molar-refractivity contribution in [2.24, 2.45) is 11.8 Å². The molecule has 0 aliphatic heterocycles. The van der Waals surface area contributed by atoms with Gasteiger partial charge in [-0.3, -0.25) is 0 Å². The highest BCUT2D eigenvalue weighted by atomic mass is 14.3. The molecule has 64 valence electrons. The van der Waals surface area contributed by atoms with Crippen LogP contribution in [0, 0.1) is 34.5 Å². The lowest BCUT2D eigenvalue weighted by atomic mass is 9.86. The molecule has 0 spiro atoms. The Morgan fingerprint density at radius 2 is 1.83 bits per heavy atom. The van der Waals surface area contributed by atoms with Crippen LogP contribution in [0.2, 0.25) is 0 Å². The monoisotopic (exact) mass is 162 g/mol. The summed E-state index contributed by atoms with van der Waals surface area (Å²) in [6.45, 7) is 5.75. The molecule has 0 saturated heterocycles. The average Bonchev–Trinajstić information content (AvgIpc) is 2.07. The Balaban J connectivity index is 4.18. The summed E-state index contributed by atoms with van der Waals surface area (Å²) in [4.78, 5) is 0. The molecule has 0 radical (unpaired) electrons. The summed E-state index contributed by atoms with van der Waals surface area (Å²) < 4.78 is 0. The molecular weight excluding hydrogens is 148 g/mol. The van der Waals surface area contributed by atoms with Crippen LogP contribution in [0.5, 0.6) is 0 Å². The fraction of sp³-hybridized carbons (Fsp3) is 0.600. The molecule has 12 heavy (non-hydrogen) atoms. The lowest BCUT2D eigenvalue weighted by Crippen LogP contribution is -2.10. The zero-order valence-corrected chi connectivity index (χ0v) is 7.45. The molecule has 0 aromatic heterocycles. The van der Waals surface area contributed by atoms with E-state index < -0.39 is 0 Å². The van der Waals surface area contributed by atoms with Crippen LogP contribution in [0.1, 0.15) is 26.2 Å². The van der Waals surface area contributed by atoms with Crippen LogP contribution >= 0.6 is 0 Å². The van der Waals surface area contributed by atoms with E-state index in [9.17, 15) is 0 Å². The standard InChI is InChI=1S/C10H14N2/c1-3-9(4-2)10(5-7-11)6-8-12/h3,9-10H,1,4-6H2,2H3. The molecule has 0 fully saturated rings. The largest absolute Gasteiger partial charge is 0.198 e. The first kappa shape index (κ1) is 10.7. The van der Waals surface area contributed by atoms with Gasteiger partial charge in [0, 0.05) is 12.8 Å². The molecule has 0 N–H and O–H groups in total. The highest BCUT2D eigenvalue weighted by molar-refractivity contribution is 4.92. The normalized spacial score (nSPS) is 11.7. The van der Waals surface area contributed by atoms with Crippen molar-refractivity contribution in [2.45, 2.75) is 26.2 Å². The van der Waals surface area contributed by atoms with Gasteiger partial charge in [-0.2, -0.15) is 10.5 Å². The van der Waals surface area contributed by atoms with E-state index in [0.717, 1.165) is 6.42 Å². The van der Waals surface area contributed by atoms with Crippen LogP contribution < -0.4 is 0 Å². The van der Waals surface area contributed by atoms with Gasteiger partial charge in [0.05, 0.1) is 12.1 Å². The number of hydrogen-bond acceptors (Lipinski definition) is 2. The summed E-state index contributed by atoms with van der Waals surface area (Å²) in [7, 11) is 0. The molecule has 0 saturated carbocycles. The quantitative estimate of drug-likeness (QED) is 0.583. The van der Waals surface area contributed by atoms with E-state index in [1.54, 1.807) is 0 Å². The first-order valence-electron chi connectivity index (χ1n) is 4.16.